The molecule has 1 aliphatic rings. The van der Waals surface area contributed by atoms with Crippen LogP contribution in [0.1, 0.15) is 26.3 Å². The lowest BCUT2D eigenvalue weighted by Crippen LogP contribution is -2.24. The molecule has 0 bridgehead atoms. The number of fused-ring (bicyclic) bond motifs is 1. The molecule has 0 saturated heterocycles. The van der Waals surface area contributed by atoms with Crippen molar-refractivity contribution in [2.45, 2.75) is 0 Å². The van der Waals surface area contributed by atoms with Crippen LogP contribution in [0.15, 0.2) is 48.5 Å². The molecule has 1 N–H and O–H groups in total. The summed E-state index contributed by atoms with van der Waals surface area (Å²) >= 11 is 0. The molecule has 3 amide bonds. The van der Waals surface area contributed by atoms with E-state index in [2.05, 4.69) is 5.32 Å². The highest BCUT2D eigenvalue weighted by Gasteiger charge is 2.32. The fourth-order valence-corrected chi connectivity index (χ4v) is 2.41. The lowest BCUT2D eigenvalue weighted by atomic mass is 10.1. The van der Waals surface area contributed by atoms with Crippen molar-refractivity contribution >= 4 is 29.5 Å². The first kappa shape index (κ1) is 15.6. The molecule has 5 nitrogen and oxygen atoms in total. The van der Waals surface area contributed by atoms with Crippen LogP contribution in [-0.4, -0.2) is 29.7 Å². The van der Waals surface area contributed by atoms with Gasteiger partial charge in [-0.3, -0.25) is 19.3 Å². The predicted molar refractivity (Wildman–Crippen MR) is 86.9 cm³/mol. The molecule has 3 rings (SSSR count). The second-order valence-corrected chi connectivity index (χ2v) is 5.31. The molecule has 0 spiro atoms. The van der Waals surface area contributed by atoms with Gasteiger partial charge in [0.15, 0.2) is 0 Å². The zero-order valence-corrected chi connectivity index (χ0v) is 12.7. The van der Waals surface area contributed by atoms with Crippen LogP contribution in [0.3, 0.4) is 0 Å². The van der Waals surface area contributed by atoms with Gasteiger partial charge in [-0.2, -0.15) is 0 Å². The van der Waals surface area contributed by atoms with E-state index in [9.17, 15) is 18.8 Å². The minimum Gasteiger partial charge on any atom is -0.322 e. The van der Waals surface area contributed by atoms with Crippen LogP contribution < -0.4 is 5.32 Å². The number of nitrogens with one attached hydrogen (secondary N) is 1. The highest BCUT2D eigenvalue weighted by molar-refractivity contribution is 6.21. The van der Waals surface area contributed by atoms with E-state index in [0.717, 1.165) is 4.90 Å². The summed E-state index contributed by atoms with van der Waals surface area (Å²) in [6.07, 6.45) is 2.75. The topological polar surface area (TPSA) is 66.5 Å². The molecule has 0 radical (unpaired) electrons. The molecule has 2 aromatic carbocycles. The standard InChI is InChI=1S/C18H13FN2O3/c1-21-17(23)14-7-6-13(10-15(14)18(21)24)20-16(22)8-5-11-3-2-4-12(19)9-11/h2-10H,1H3,(H,20,22)/b8-5+. The Hall–Kier alpha value is -3.28. The van der Waals surface area contributed by atoms with Crippen LogP contribution >= 0.6 is 0 Å². The van der Waals surface area contributed by atoms with Gasteiger partial charge in [0, 0.05) is 18.8 Å². The maximum atomic E-state index is 13.1. The van der Waals surface area contributed by atoms with E-state index < -0.39 is 11.8 Å². The Bertz CT molecular complexity index is 890. The second kappa shape index (κ2) is 6.08. The Kier molecular flexibility index (Phi) is 3.95. The molecule has 0 saturated carbocycles. The first-order valence-corrected chi connectivity index (χ1v) is 7.17. The van der Waals surface area contributed by atoms with Gasteiger partial charge in [-0.25, -0.2) is 4.39 Å². The lowest BCUT2D eigenvalue weighted by molar-refractivity contribution is -0.111. The van der Waals surface area contributed by atoms with Crippen LogP contribution in [0, 0.1) is 5.82 Å². The van der Waals surface area contributed by atoms with E-state index in [1.165, 1.54) is 43.5 Å². The number of amides is 3. The Morgan fingerprint density at radius 3 is 2.58 bits per heavy atom. The van der Waals surface area contributed by atoms with Crippen molar-refractivity contribution in [3.63, 3.8) is 0 Å². The molecule has 1 heterocycles. The summed E-state index contributed by atoms with van der Waals surface area (Å²) in [5, 5.41) is 2.61. The quantitative estimate of drug-likeness (QED) is 0.697. The number of carbonyl (C=O) groups excluding carboxylic acids is 3. The number of hydrogen-bond acceptors (Lipinski definition) is 3. The van der Waals surface area contributed by atoms with Gasteiger partial charge in [-0.1, -0.05) is 12.1 Å². The third-order valence-electron chi connectivity index (χ3n) is 3.63. The summed E-state index contributed by atoms with van der Waals surface area (Å²) in [6.45, 7) is 0. The zero-order valence-electron chi connectivity index (χ0n) is 12.7. The number of hydrogen-bond donors (Lipinski definition) is 1. The molecule has 2 aromatic rings. The average Bonchev–Trinajstić information content (AvgIpc) is 2.77. The van der Waals surface area contributed by atoms with Gasteiger partial charge in [0.2, 0.25) is 5.91 Å². The first-order chi connectivity index (χ1) is 11.5. The molecule has 120 valence electrons. The van der Waals surface area contributed by atoms with Crippen LogP contribution in [-0.2, 0) is 4.79 Å². The molecular weight excluding hydrogens is 311 g/mol. The SMILES string of the molecule is CN1C(=O)c2ccc(NC(=O)/C=C/c3cccc(F)c3)cc2C1=O. The number of anilines is 1. The highest BCUT2D eigenvalue weighted by atomic mass is 19.1. The Morgan fingerprint density at radius 1 is 1.08 bits per heavy atom. The van der Waals surface area contributed by atoms with Crippen molar-refractivity contribution in [3.8, 4) is 0 Å². The molecule has 0 fully saturated rings. The largest absolute Gasteiger partial charge is 0.322 e. The second-order valence-electron chi connectivity index (χ2n) is 5.31. The van der Waals surface area contributed by atoms with Crippen LogP contribution in [0.25, 0.3) is 6.08 Å². The lowest BCUT2D eigenvalue weighted by Gasteiger charge is -2.04. The summed E-state index contributed by atoms with van der Waals surface area (Å²) in [4.78, 5) is 36.7. The van der Waals surface area contributed by atoms with E-state index in [0.29, 0.717) is 16.8 Å². The molecule has 6 heteroatoms. The number of carbonyl (C=O) groups is 3. The van der Waals surface area contributed by atoms with E-state index in [1.807, 2.05) is 0 Å². The number of rotatable bonds is 3. The third-order valence-corrected chi connectivity index (χ3v) is 3.63. The Morgan fingerprint density at radius 2 is 1.83 bits per heavy atom. The van der Waals surface area contributed by atoms with Crippen LogP contribution in [0.5, 0.6) is 0 Å². The van der Waals surface area contributed by atoms with Crippen LogP contribution in [0.4, 0.5) is 10.1 Å². The number of halogens is 1. The van der Waals surface area contributed by atoms with Crippen LogP contribution in [0.2, 0.25) is 0 Å². The first-order valence-electron chi connectivity index (χ1n) is 7.17. The van der Waals surface area contributed by atoms with Gasteiger partial charge in [0.25, 0.3) is 11.8 Å². The zero-order chi connectivity index (χ0) is 17.3. The molecular formula is C18H13FN2O3. The van der Waals surface area contributed by atoms with Crippen molar-refractivity contribution in [2.75, 3.05) is 12.4 Å². The predicted octanol–water partition coefficient (Wildman–Crippen LogP) is 2.70. The van der Waals surface area contributed by atoms with Gasteiger partial charge in [-0.15, -0.1) is 0 Å². The van der Waals surface area contributed by atoms with E-state index in [4.69, 9.17) is 0 Å². The van der Waals surface area contributed by atoms with Gasteiger partial charge < -0.3 is 5.32 Å². The summed E-state index contributed by atoms with van der Waals surface area (Å²) in [5.74, 6) is -1.58. The maximum Gasteiger partial charge on any atom is 0.261 e. The van der Waals surface area contributed by atoms with E-state index in [-0.39, 0.29) is 17.3 Å². The van der Waals surface area contributed by atoms with Crippen molar-refractivity contribution in [1.29, 1.82) is 0 Å². The van der Waals surface area contributed by atoms with Crippen molar-refractivity contribution in [1.82, 2.24) is 4.90 Å². The summed E-state index contributed by atoms with van der Waals surface area (Å²) in [7, 11) is 1.41. The van der Waals surface area contributed by atoms with Gasteiger partial charge in [-0.05, 0) is 42.0 Å². The van der Waals surface area contributed by atoms with Gasteiger partial charge in [0.05, 0.1) is 11.1 Å². The van der Waals surface area contributed by atoms with Crippen molar-refractivity contribution < 1.29 is 18.8 Å². The third kappa shape index (κ3) is 2.94. The van der Waals surface area contributed by atoms with Gasteiger partial charge in [0.1, 0.15) is 5.82 Å². The van der Waals surface area contributed by atoms with E-state index >= 15 is 0 Å². The van der Waals surface area contributed by atoms with Gasteiger partial charge >= 0.3 is 0 Å². The average molecular weight is 324 g/mol. The minimum absolute atomic E-state index is 0.259. The number of imide groups is 1. The molecule has 0 aliphatic carbocycles. The normalized spacial score (nSPS) is 13.5. The Labute approximate surface area is 137 Å². The summed E-state index contributed by atoms with van der Waals surface area (Å²) in [5.41, 5.74) is 1.53. The molecule has 24 heavy (non-hydrogen) atoms. The molecule has 1 aliphatic heterocycles. The monoisotopic (exact) mass is 324 g/mol. The fourth-order valence-electron chi connectivity index (χ4n) is 2.41. The highest BCUT2D eigenvalue weighted by Crippen LogP contribution is 2.24. The van der Waals surface area contributed by atoms with E-state index in [1.54, 1.807) is 18.2 Å². The maximum absolute atomic E-state index is 13.1. The molecule has 0 aromatic heterocycles. The number of benzene rings is 2. The molecule has 0 atom stereocenters. The molecule has 0 unspecified atom stereocenters. The Balaban J connectivity index is 1.74. The fraction of sp³-hybridized carbons (Fsp3) is 0.0556. The summed E-state index contributed by atoms with van der Waals surface area (Å²) < 4.78 is 13.1. The number of nitrogens with zero attached hydrogens (tertiary/aromatic N) is 1. The van der Waals surface area contributed by atoms with Crippen molar-refractivity contribution in [3.05, 3.63) is 71.0 Å². The smallest absolute Gasteiger partial charge is 0.261 e. The minimum atomic E-state index is -0.427. The summed E-state index contributed by atoms with van der Waals surface area (Å²) in [6, 6.07) is 10.4. The van der Waals surface area contributed by atoms with Crippen molar-refractivity contribution in [2.24, 2.45) is 0 Å².